The Bertz CT molecular complexity index is 237. The van der Waals surface area contributed by atoms with Crippen LogP contribution in [0.25, 0.3) is 0 Å². The Kier molecular flexibility index (Phi) is 4.33. The summed E-state index contributed by atoms with van der Waals surface area (Å²) in [5.41, 5.74) is -0.170. The number of halogens is 4. The van der Waals surface area contributed by atoms with Gasteiger partial charge in [0.1, 0.15) is 6.67 Å². The molecule has 0 radical (unpaired) electrons. The molecular weight excluding hydrogens is 172 g/mol. The van der Waals surface area contributed by atoms with Gasteiger partial charge in [-0.1, -0.05) is 12.7 Å². The van der Waals surface area contributed by atoms with Crippen LogP contribution in [0.3, 0.4) is 0 Å². The molecule has 68 valence electrons. The van der Waals surface area contributed by atoms with Gasteiger partial charge in [-0.3, -0.25) is 0 Å². The molecule has 0 atom stereocenters. The molecule has 0 bridgehead atoms. The van der Waals surface area contributed by atoms with Gasteiger partial charge in [-0.15, -0.1) is 0 Å². The third kappa shape index (κ3) is 2.53. The maximum Gasteiger partial charge on any atom is 0.193 e. The third-order valence-electron chi connectivity index (χ3n) is 1.20. The first-order chi connectivity index (χ1) is 5.54. The van der Waals surface area contributed by atoms with Gasteiger partial charge in [-0.05, 0) is 12.5 Å². The van der Waals surface area contributed by atoms with Crippen molar-refractivity contribution < 1.29 is 17.6 Å². The number of alkyl halides is 1. The summed E-state index contributed by atoms with van der Waals surface area (Å²) in [4.78, 5) is 0. The third-order valence-corrected chi connectivity index (χ3v) is 1.20. The van der Waals surface area contributed by atoms with E-state index in [-0.39, 0.29) is 5.57 Å². The molecule has 0 saturated heterocycles. The summed E-state index contributed by atoms with van der Waals surface area (Å²) in [5, 5.41) is 0. The predicted molar refractivity (Wildman–Crippen MR) is 39.2 cm³/mol. The van der Waals surface area contributed by atoms with Crippen molar-refractivity contribution in [1.82, 2.24) is 0 Å². The van der Waals surface area contributed by atoms with Crippen molar-refractivity contribution in [3.63, 3.8) is 0 Å². The molecule has 0 saturated carbocycles. The monoisotopic (exact) mass is 180 g/mol. The highest BCUT2D eigenvalue weighted by atomic mass is 19.2. The normalized spacial score (nSPS) is 15.1. The Balaban J connectivity index is 4.94. The summed E-state index contributed by atoms with van der Waals surface area (Å²) < 4.78 is 48.6. The molecule has 0 aromatic rings. The van der Waals surface area contributed by atoms with Gasteiger partial charge in [-0.25, -0.2) is 17.6 Å². The summed E-state index contributed by atoms with van der Waals surface area (Å²) in [5.74, 6) is -4.95. The van der Waals surface area contributed by atoms with Crippen LogP contribution in [-0.4, -0.2) is 6.67 Å². The molecule has 0 heterocycles. The van der Waals surface area contributed by atoms with Crippen molar-refractivity contribution in [3.8, 4) is 0 Å². The largest absolute Gasteiger partial charge is 0.243 e. The topological polar surface area (TPSA) is 0 Å². The van der Waals surface area contributed by atoms with Crippen LogP contribution in [0.5, 0.6) is 0 Å². The molecule has 12 heavy (non-hydrogen) atoms. The number of rotatable bonds is 3. The minimum Gasteiger partial charge on any atom is -0.243 e. The van der Waals surface area contributed by atoms with Gasteiger partial charge in [-0.2, -0.15) is 0 Å². The zero-order valence-corrected chi connectivity index (χ0v) is 6.50. The maximum atomic E-state index is 12.6. The van der Waals surface area contributed by atoms with E-state index in [1.54, 1.807) is 0 Å². The quantitative estimate of drug-likeness (QED) is 0.460. The fraction of sp³-hybridized carbons (Fsp3) is 0.250. The van der Waals surface area contributed by atoms with Crippen LogP contribution in [0, 0.1) is 0 Å². The van der Waals surface area contributed by atoms with E-state index in [4.69, 9.17) is 0 Å². The van der Waals surface area contributed by atoms with E-state index in [1.807, 2.05) is 0 Å². The second kappa shape index (κ2) is 4.74. The fourth-order valence-corrected chi connectivity index (χ4v) is 0.440. The van der Waals surface area contributed by atoms with Gasteiger partial charge in [0.05, 0.1) is 0 Å². The lowest BCUT2D eigenvalue weighted by molar-refractivity contribution is 0.417. The lowest BCUT2D eigenvalue weighted by Gasteiger charge is -1.97. The highest BCUT2D eigenvalue weighted by Crippen LogP contribution is 2.22. The molecule has 0 fully saturated rings. The molecule has 0 amide bonds. The van der Waals surface area contributed by atoms with E-state index in [1.165, 1.54) is 6.92 Å². The molecule has 0 aromatic carbocycles. The van der Waals surface area contributed by atoms with Gasteiger partial charge in [0.15, 0.2) is 17.5 Å². The van der Waals surface area contributed by atoms with Crippen molar-refractivity contribution in [1.29, 1.82) is 0 Å². The molecule has 0 rings (SSSR count). The van der Waals surface area contributed by atoms with Gasteiger partial charge in [0.25, 0.3) is 0 Å². The molecule has 0 aliphatic heterocycles. The molecule has 0 spiro atoms. The summed E-state index contributed by atoms with van der Waals surface area (Å²) in [6.45, 7) is 2.70. The van der Waals surface area contributed by atoms with Crippen molar-refractivity contribution in [2.75, 3.05) is 6.67 Å². The Morgan fingerprint density at radius 3 is 2.08 bits per heavy atom. The molecule has 0 aliphatic rings. The fourth-order valence-electron chi connectivity index (χ4n) is 0.440. The van der Waals surface area contributed by atoms with Crippen LogP contribution in [0.2, 0.25) is 0 Å². The van der Waals surface area contributed by atoms with Crippen molar-refractivity contribution in [2.24, 2.45) is 0 Å². The lowest BCUT2D eigenvalue weighted by atomic mass is 10.2. The van der Waals surface area contributed by atoms with E-state index in [0.717, 1.165) is 6.08 Å². The lowest BCUT2D eigenvalue weighted by Crippen LogP contribution is -1.87. The Labute approximate surface area is 67.9 Å². The second-order valence-corrected chi connectivity index (χ2v) is 2.05. The molecule has 4 heteroatoms. The average Bonchev–Trinajstić information content (AvgIpc) is 2.12. The van der Waals surface area contributed by atoms with Crippen LogP contribution in [-0.2, 0) is 0 Å². The Morgan fingerprint density at radius 1 is 1.25 bits per heavy atom. The summed E-state index contributed by atoms with van der Waals surface area (Å²) in [6, 6.07) is 0. The van der Waals surface area contributed by atoms with Crippen LogP contribution in [0.1, 0.15) is 6.92 Å². The van der Waals surface area contributed by atoms with Crippen LogP contribution >= 0.6 is 0 Å². The second-order valence-electron chi connectivity index (χ2n) is 2.05. The first kappa shape index (κ1) is 10.9. The van der Waals surface area contributed by atoms with E-state index >= 15 is 0 Å². The van der Waals surface area contributed by atoms with E-state index in [0.29, 0.717) is 0 Å². The van der Waals surface area contributed by atoms with Crippen LogP contribution in [0.15, 0.2) is 35.7 Å². The molecule has 0 unspecified atom stereocenters. The van der Waals surface area contributed by atoms with Gasteiger partial charge in [0, 0.05) is 0 Å². The minimum absolute atomic E-state index is 0.170. The first-order valence-corrected chi connectivity index (χ1v) is 3.13. The van der Waals surface area contributed by atoms with Crippen molar-refractivity contribution >= 4 is 0 Å². The van der Waals surface area contributed by atoms with Gasteiger partial charge < -0.3 is 0 Å². The Morgan fingerprint density at radius 2 is 1.75 bits per heavy atom. The summed E-state index contributed by atoms with van der Waals surface area (Å²) in [6.07, 6.45) is 1.01. The number of hydrogen-bond acceptors (Lipinski definition) is 0. The van der Waals surface area contributed by atoms with Gasteiger partial charge >= 0.3 is 0 Å². The van der Waals surface area contributed by atoms with Crippen molar-refractivity contribution in [3.05, 3.63) is 35.7 Å². The predicted octanol–water partition coefficient (Wildman–Crippen LogP) is 3.54. The molecule has 0 nitrogen and oxygen atoms in total. The first-order valence-electron chi connectivity index (χ1n) is 3.13. The van der Waals surface area contributed by atoms with Crippen LogP contribution in [0.4, 0.5) is 17.6 Å². The van der Waals surface area contributed by atoms with E-state index in [2.05, 4.69) is 6.58 Å². The minimum atomic E-state index is -1.80. The maximum absolute atomic E-state index is 12.6. The zero-order chi connectivity index (χ0) is 9.72. The number of hydrogen-bond donors (Lipinski definition) is 0. The number of allylic oxidation sites excluding steroid dienone is 5. The molecule has 0 N–H and O–H groups in total. The van der Waals surface area contributed by atoms with E-state index < -0.39 is 24.2 Å². The molecular formula is C8H8F4. The molecule has 0 aliphatic carbocycles. The standard InChI is InChI=1S/C8H8F4/c1-3-5(2)7(11)8(12)6(10)4-9/h3H,1,4H2,2H3/b7-5+,8-6-. The van der Waals surface area contributed by atoms with Gasteiger partial charge in [0.2, 0.25) is 0 Å². The van der Waals surface area contributed by atoms with Crippen molar-refractivity contribution in [2.45, 2.75) is 6.92 Å². The Hall–Kier alpha value is -1.06. The highest BCUT2D eigenvalue weighted by molar-refractivity contribution is 5.31. The smallest absolute Gasteiger partial charge is 0.193 e. The SMILES string of the molecule is C=C/C(C)=C(F)\C(F)=C(\F)CF. The molecule has 0 aromatic heterocycles. The summed E-state index contributed by atoms with van der Waals surface area (Å²) >= 11 is 0. The van der Waals surface area contributed by atoms with E-state index in [9.17, 15) is 17.6 Å². The highest BCUT2D eigenvalue weighted by Gasteiger charge is 2.12. The van der Waals surface area contributed by atoms with Crippen LogP contribution < -0.4 is 0 Å². The zero-order valence-electron chi connectivity index (χ0n) is 6.50. The average molecular weight is 180 g/mol. The summed E-state index contributed by atoms with van der Waals surface area (Å²) in [7, 11) is 0.